The summed E-state index contributed by atoms with van der Waals surface area (Å²) in [7, 11) is 1.30. The highest BCUT2D eigenvalue weighted by molar-refractivity contribution is 9.10. The molecular formula is C20H16BrNO4S3. The van der Waals surface area contributed by atoms with Crippen molar-refractivity contribution in [1.29, 1.82) is 0 Å². The maximum atomic E-state index is 13.0. The number of ether oxygens (including phenoxy) is 2. The summed E-state index contributed by atoms with van der Waals surface area (Å²) in [4.78, 5) is 27.5. The second-order valence-corrected chi connectivity index (χ2v) is 9.24. The van der Waals surface area contributed by atoms with Crippen molar-refractivity contribution in [2.24, 2.45) is 0 Å². The molecule has 1 fully saturated rings. The van der Waals surface area contributed by atoms with Gasteiger partial charge in [-0.15, -0.1) is 11.8 Å². The van der Waals surface area contributed by atoms with Crippen LogP contribution in [0.4, 0.5) is 5.69 Å². The van der Waals surface area contributed by atoms with E-state index in [4.69, 9.17) is 17.0 Å². The molecule has 0 aliphatic carbocycles. The highest BCUT2D eigenvalue weighted by Crippen LogP contribution is 2.38. The molecule has 9 heteroatoms. The van der Waals surface area contributed by atoms with Crippen LogP contribution in [-0.2, 0) is 14.3 Å². The van der Waals surface area contributed by atoms with Gasteiger partial charge in [0.05, 0.1) is 17.7 Å². The van der Waals surface area contributed by atoms with Crippen molar-refractivity contribution >= 4 is 79.6 Å². The molecule has 5 nitrogen and oxygen atoms in total. The van der Waals surface area contributed by atoms with Crippen LogP contribution in [0.2, 0.25) is 0 Å². The second kappa shape index (κ2) is 9.80. The van der Waals surface area contributed by atoms with Crippen molar-refractivity contribution in [3.63, 3.8) is 0 Å². The van der Waals surface area contributed by atoms with Crippen molar-refractivity contribution in [2.75, 3.05) is 24.9 Å². The quantitative estimate of drug-likeness (QED) is 0.231. The van der Waals surface area contributed by atoms with Crippen molar-refractivity contribution in [1.82, 2.24) is 0 Å². The van der Waals surface area contributed by atoms with E-state index in [0.717, 1.165) is 15.1 Å². The first-order valence-corrected chi connectivity index (χ1v) is 11.6. The van der Waals surface area contributed by atoms with Gasteiger partial charge >= 0.3 is 5.97 Å². The number of carbonyl (C=O) groups excluding carboxylic acids is 2. The minimum Gasteiger partial charge on any atom is -0.481 e. The largest absolute Gasteiger partial charge is 0.481 e. The second-order valence-electron chi connectivity index (χ2n) is 5.77. The number of amides is 1. The van der Waals surface area contributed by atoms with E-state index in [1.807, 2.05) is 36.6 Å². The van der Waals surface area contributed by atoms with Crippen molar-refractivity contribution in [3.8, 4) is 5.75 Å². The molecule has 0 N–H and O–H groups in total. The van der Waals surface area contributed by atoms with Gasteiger partial charge in [-0.05, 0) is 48.7 Å². The van der Waals surface area contributed by atoms with Gasteiger partial charge in [-0.3, -0.25) is 9.69 Å². The summed E-state index contributed by atoms with van der Waals surface area (Å²) in [5.74, 6) is -0.218. The van der Waals surface area contributed by atoms with Gasteiger partial charge < -0.3 is 9.47 Å². The SMILES string of the molecule is COC(=O)COc1ccc(Br)cc1/C=C1/SC(=S)N(c2cccc(SC)c2)C1=O. The van der Waals surface area contributed by atoms with Crippen LogP contribution in [0.5, 0.6) is 5.75 Å². The molecule has 0 spiro atoms. The van der Waals surface area contributed by atoms with E-state index >= 15 is 0 Å². The first kappa shape index (κ1) is 21.9. The molecule has 0 unspecified atom stereocenters. The normalized spacial score (nSPS) is 15.1. The van der Waals surface area contributed by atoms with E-state index in [0.29, 0.717) is 20.5 Å². The summed E-state index contributed by atoms with van der Waals surface area (Å²) in [5, 5.41) is 0. The number of hydrogen-bond acceptors (Lipinski definition) is 7. The zero-order valence-electron chi connectivity index (χ0n) is 15.5. The lowest BCUT2D eigenvalue weighted by atomic mass is 10.2. The standard InChI is InChI=1S/C20H16BrNO4S3/c1-25-18(23)11-26-16-7-6-13(21)8-12(16)9-17-19(24)22(20(27)29-17)14-4-3-5-15(10-14)28-2/h3-10H,11H2,1-2H3/b17-9+. The fourth-order valence-electron chi connectivity index (χ4n) is 2.54. The van der Waals surface area contributed by atoms with Crippen LogP contribution in [0, 0.1) is 0 Å². The molecule has 2 aromatic rings. The summed E-state index contributed by atoms with van der Waals surface area (Å²) < 4.78 is 11.4. The number of anilines is 1. The fraction of sp³-hybridized carbons (Fsp3) is 0.150. The minimum atomic E-state index is -0.487. The summed E-state index contributed by atoms with van der Waals surface area (Å²) in [5.41, 5.74) is 1.39. The Hall–Kier alpha value is -1.81. The third-order valence-electron chi connectivity index (χ3n) is 3.94. The Balaban J connectivity index is 1.91. The molecule has 29 heavy (non-hydrogen) atoms. The Labute approximate surface area is 190 Å². The highest BCUT2D eigenvalue weighted by atomic mass is 79.9. The van der Waals surface area contributed by atoms with Crippen LogP contribution in [0.15, 0.2) is 56.7 Å². The number of nitrogens with zero attached hydrogens (tertiary/aromatic N) is 1. The number of benzene rings is 2. The van der Waals surface area contributed by atoms with Gasteiger partial charge in [-0.2, -0.15) is 0 Å². The number of esters is 1. The van der Waals surface area contributed by atoms with Gasteiger partial charge in [-0.25, -0.2) is 4.79 Å². The van der Waals surface area contributed by atoms with Crippen LogP contribution < -0.4 is 9.64 Å². The number of halogens is 1. The number of methoxy groups -OCH3 is 1. The van der Waals surface area contributed by atoms with E-state index in [-0.39, 0.29) is 12.5 Å². The Bertz CT molecular complexity index is 1010. The molecule has 0 bridgehead atoms. The van der Waals surface area contributed by atoms with Crippen molar-refractivity contribution < 1.29 is 19.1 Å². The molecule has 150 valence electrons. The molecule has 3 rings (SSSR count). The van der Waals surface area contributed by atoms with E-state index in [1.54, 1.807) is 30.0 Å². The zero-order chi connectivity index (χ0) is 21.0. The van der Waals surface area contributed by atoms with Gasteiger partial charge in [0.1, 0.15) is 5.75 Å². The molecular weight excluding hydrogens is 494 g/mol. The molecule has 1 heterocycles. The average Bonchev–Trinajstić information content (AvgIpc) is 3.00. The molecule has 0 radical (unpaired) electrons. The van der Waals surface area contributed by atoms with E-state index in [2.05, 4.69) is 20.7 Å². The number of carbonyl (C=O) groups is 2. The number of thiocarbonyl (C=S) groups is 1. The van der Waals surface area contributed by atoms with Crippen LogP contribution in [-0.4, -0.2) is 36.2 Å². The molecule has 1 saturated heterocycles. The van der Waals surface area contributed by atoms with E-state index in [1.165, 1.54) is 23.8 Å². The van der Waals surface area contributed by atoms with Gasteiger partial charge in [0, 0.05) is 14.9 Å². The highest BCUT2D eigenvalue weighted by Gasteiger charge is 2.33. The molecule has 0 saturated carbocycles. The Morgan fingerprint density at radius 2 is 2.10 bits per heavy atom. The number of rotatable bonds is 6. The van der Waals surface area contributed by atoms with Gasteiger partial charge in [0.25, 0.3) is 5.91 Å². The molecule has 1 aliphatic rings. The lowest BCUT2D eigenvalue weighted by Gasteiger charge is -2.15. The first-order chi connectivity index (χ1) is 13.9. The Morgan fingerprint density at radius 3 is 2.83 bits per heavy atom. The summed E-state index contributed by atoms with van der Waals surface area (Å²) in [6.07, 6.45) is 3.70. The number of hydrogen-bond donors (Lipinski definition) is 0. The van der Waals surface area contributed by atoms with Gasteiger partial charge in [0.15, 0.2) is 10.9 Å². The molecule has 2 aromatic carbocycles. The molecule has 1 amide bonds. The number of thioether (sulfide) groups is 2. The van der Waals surface area contributed by atoms with Crippen LogP contribution in [0.1, 0.15) is 5.56 Å². The topological polar surface area (TPSA) is 55.8 Å². The smallest absolute Gasteiger partial charge is 0.343 e. The Kier molecular flexibility index (Phi) is 7.39. The fourth-order valence-corrected chi connectivity index (χ4v) is 4.66. The van der Waals surface area contributed by atoms with Crippen LogP contribution in [0.25, 0.3) is 6.08 Å². The maximum Gasteiger partial charge on any atom is 0.343 e. The third-order valence-corrected chi connectivity index (χ3v) is 6.46. The minimum absolute atomic E-state index is 0.197. The predicted octanol–water partition coefficient (Wildman–Crippen LogP) is 5.13. The lowest BCUT2D eigenvalue weighted by molar-refractivity contribution is -0.142. The summed E-state index contributed by atoms with van der Waals surface area (Å²) in [6.45, 7) is -0.221. The summed E-state index contributed by atoms with van der Waals surface area (Å²) >= 11 is 11.7. The van der Waals surface area contributed by atoms with Crippen molar-refractivity contribution in [2.45, 2.75) is 4.90 Å². The molecule has 0 atom stereocenters. The first-order valence-electron chi connectivity index (χ1n) is 8.34. The zero-order valence-corrected chi connectivity index (χ0v) is 19.5. The van der Waals surface area contributed by atoms with Gasteiger partial charge in [-0.1, -0.05) is 46.0 Å². The predicted molar refractivity (Wildman–Crippen MR) is 126 cm³/mol. The summed E-state index contributed by atoms with van der Waals surface area (Å²) in [6, 6.07) is 13.0. The van der Waals surface area contributed by atoms with Crippen molar-refractivity contribution in [3.05, 3.63) is 57.4 Å². The molecule has 0 aromatic heterocycles. The Morgan fingerprint density at radius 1 is 1.31 bits per heavy atom. The average molecular weight is 510 g/mol. The van der Waals surface area contributed by atoms with Gasteiger partial charge in [0.2, 0.25) is 0 Å². The van der Waals surface area contributed by atoms with E-state index < -0.39 is 5.97 Å². The van der Waals surface area contributed by atoms with Crippen LogP contribution >= 0.6 is 51.7 Å². The van der Waals surface area contributed by atoms with Crippen LogP contribution in [0.3, 0.4) is 0 Å². The third kappa shape index (κ3) is 5.22. The molecule has 1 aliphatic heterocycles. The van der Waals surface area contributed by atoms with E-state index in [9.17, 15) is 9.59 Å². The lowest BCUT2D eigenvalue weighted by Crippen LogP contribution is -2.27. The monoisotopic (exact) mass is 509 g/mol. The maximum absolute atomic E-state index is 13.0.